The van der Waals surface area contributed by atoms with E-state index in [-0.39, 0.29) is 0 Å². The minimum atomic E-state index is 0.602. The van der Waals surface area contributed by atoms with Gasteiger partial charge in [-0.05, 0) is 31.9 Å². The van der Waals surface area contributed by atoms with Crippen molar-refractivity contribution < 1.29 is 4.74 Å². The zero-order chi connectivity index (χ0) is 12.6. The van der Waals surface area contributed by atoms with E-state index in [9.17, 15) is 0 Å². The number of nitrogens with one attached hydrogen (secondary N) is 2. The molecule has 0 spiro atoms. The highest BCUT2D eigenvalue weighted by molar-refractivity contribution is 5.80. The number of benzene rings is 1. The number of aliphatic imine (C=N–C) groups is 1. The van der Waals surface area contributed by atoms with Crippen LogP contribution in [0.2, 0.25) is 0 Å². The van der Waals surface area contributed by atoms with Crippen molar-refractivity contribution in [1.82, 2.24) is 10.6 Å². The molecule has 98 valence electrons. The number of ether oxygens (including phenoxy) is 1. The van der Waals surface area contributed by atoms with Crippen molar-refractivity contribution in [2.75, 3.05) is 19.7 Å². The van der Waals surface area contributed by atoms with E-state index in [4.69, 9.17) is 4.74 Å². The van der Waals surface area contributed by atoms with Gasteiger partial charge < -0.3 is 15.4 Å². The van der Waals surface area contributed by atoms with Gasteiger partial charge in [0.05, 0.1) is 6.54 Å². The van der Waals surface area contributed by atoms with Crippen LogP contribution in [0.5, 0.6) is 5.75 Å². The number of nitrogens with zero attached hydrogens (tertiary/aromatic N) is 1. The monoisotopic (exact) mass is 247 g/mol. The molecule has 4 nitrogen and oxygen atoms in total. The van der Waals surface area contributed by atoms with Crippen molar-refractivity contribution in [3.63, 3.8) is 0 Å². The standard InChI is InChI=1S/C14H21N3O/c1-2-15-14(17-12-8-9-12)16-10-11-18-13-6-4-3-5-7-13/h3-7,12H,2,8-11H2,1H3,(H2,15,16,17). The van der Waals surface area contributed by atoms with Crippen molar-refractivity contribution >= 4 is 5.96 Å². The average Bonchev–Trinajstić information content (AvgIpc) is 3.20. The lowest BCUT2D eigenvalue weighted by atomic mass is 10.3. The van der Waals surface area contributed by atoms with Crippen molar-refractivity contribution in [2.45, 2.75) is 25.8 Å². The fraction of sp³-hybridized carbons (Fsp3) is 0.500. The SMILES string of the molecule is CCNC(=NCCOc1ccccc1)NC1CC1. The first-order valence-corrected chi connectivity index (χ1v) is 6.61. The first-order valence-electron chi connectivity index (χ1n) is 6.61. The Morgan fingerprint density at radius 2 is 2.11 bits per heavy atom. The molecule has 1 aliphatic carbocycles. The quantitative estimate of drug-likeness (QED) is 0.457. The van der Waals surface area contributed by atoms with Gasteiger partial charge in [-0.15, -0.1) is 0 Å². The summed E-state index contributed by atoms with van der Waals surface area (Å²) in [5.74, 6) is 1.80. The van der Waals surface area contributed by atoms with E-state index in [1.54, 1.807) is 0 Å². The van der Waals surface area contributed by atoms with Crippen LogP contribution in [0.1, 0.15) is 19.8 Å². The molecule has 0 unspecified atom stereocenters. The molecule has 0 atom stereocenters. The van der Waals surface area contributed by atoms with Gasteiger partial charge in [-0.25, -0.2) is 4.99 Å². The fourth-order valence-electron chi connectivity index (χ4n) is 1.58. The van der Waals surface area contributed by atoms with E-state index >= 15 is 0 Å². The number of hydrogen-bond acceptors (Lipinski definition) is 2. The van der Waals surface area contributed by atoms with E-state index in [0.717, 1.165) is 18.3 Å². The van der Waals surface area contributed by atoms with Crippen molar-refractivity contribution in [3.8, 4) is 5.75 Å². The van der Waals surface area contributed by atoms with Crippen molar-refractivity contribution in [2.24, 2.45) is 4.99 Å². The minimum Gasteiger partial charge on any atom is -0.492 e. The van der Waals surface area contributed by atoms with E-state index in [1.165, 1.54) is 12.8 Å². The molecule has 0 bridgehead atoms. The Morgan fingerprint density at radius 3 is 2.78 bits per heavy atom. The second kappa shape index (κ2) is 6.89. The summed E-state index contributed by atoms with van der Waals surface area (Å²) in [5.41, 5.74) is 0. The Bertz CT molecular complexity index is 374. The molecule has 1 fully saturated rings. The third-order valence-electron chi connectivity index (χ3n) is 2.64. The van der Waals surface area contributed by atoms with E-state index in [2.05, 4.69) is 22.5 Å². The van der Waals surface area contributed by atoms with Crippen LogP contribution >= 0.6 is 0 Å². The maximum absolute atomic E-state index is 5.59. The second-order valence-electron chi connectivity index (χ2n) is 4.34. The van der Waals surface area contributed by atoms with Gasteiger partial charge in [-0.1, -0.05) is 18.2 Å². The fourth-order valence-corrected chi connectivity index (χ4v) is 1.58. The van der Waals surface area contributed by atoms with Gasteiger partial charge in [0, 0.05) is 12.6 Å². The smallest absolute Gasteiger partial charge is 0.191 e. The van der Waals surface area contributed by atoms with Crippen LogP contribution in [0.25, 0.3) is 0 Å². The molecule has 2 N–H and O–H groups in total. The lowest BCUT2D eigenvalue weighted by Crippen LogP contribution is -2.38. The van der Waals surface area contributed by atoms with Crippen LogP contribution in [0, 0.1) is 0 Å². The van der Waals surface area contributed by atoms with E-state index < -0.39 is 0 Å². The summed E-state index contributed by atoms with van der Waals surface area (Å²) < 4.78 is 5.59. The van der Waals surface area contributed by atoms with E-state index in [1.807, 2.05) is 30.3 Å². The third kappa shape index (κ3) is 4.65. The van der Waals surface area contributed by atoms with Gasteiger partial charge in [-0.3, -0.25) is 0 Å². The van der Waals surface area contributed by atoms with Gasteiger partial charge in [0.15, 0.2) is 5.96 Å². The first-order chi connectivity index (χ1) is 8.88. The number of rotatable bonds is 6. The first kappa shape index (κ1) is 12.7. The topological polar surface area (TPSA) is 45.7 Å². The third-order valence-corrected chi connectivity index (χ3v) is 2.64. The van der Waals surface area contributed by atoms with Gasteiger partial charge in [0.2, 0.25) is 0 Å². The minimum absolute atomic E-state index is 0.602. The zero-order valence-corrected chi connectivity index (χ0v) is 10.9. The molecule has 1 aliphatic rings. The lowest BCUT2D eigenvalue weighted by molar-refractivity contribution is 0.328. The maximum Gasteiger partial charge on any atom is 0.191 e. The lowest BCUT2D eigenvalue weighted by Gasteiger charge is -2.10. The second-order valence-corrected chi connectivity index (χ2v) is 4.34. The summed E-state index contributed by atoms with van der Waals surface area (Å²) in [5, 5.41) is 6.61. The van der Waals surface area contributed by atoms with Gasteiger partial charge >= 0.3 is 0 Å². The molecular weight excluding hydrogens is 226 g/mol. The average molecular weight is 247 g/mol. The molecule has 18 heavy (non-hydrogen) atoms. The normalized spacial score (nSPS) is 15.3. The predicted octanol–water partition coefficient (Wildman–Crippen LogP) is 1.78. The number of hydrogen-bond donors (Lipinski definition) is 2. The molecule has 0 amide bonds. The van der Waals surface area contributed by atoms with Crippen LogP contribution in [0.15, 0.2) is 35.3 Å². The van der Waals surface area contributed by atoms with Gasteiger partial charge in [0.25, 0.3) is 0 Å². The highest BCUT2D eigenvalue weighted by Crippen LogP contribution is 2.18. The Kier molecular flexibility index (Phi) is 4.88. The van der Waals surface area contributed by atoms with Crippen LogP contribution in [0.3, 0.4) is 0 Å². The maximum atomic E-state index is 5.59. The molecule has 1 saturated carbocycles. The van der Waals surface area contributed by atoms with Crippen molar-refractivity contribution in [1.29, 1.82) is 0 Å². The molecule has 2 rings (SSSR count). The number of guanidine groups is 1. The van der Waals surface area contributed by atoms with E-state index in [0.29, 0.717) is 19.2 Å². The molecule has 0 heterocycles. The zero-order valence-electron chi connectivity index (χ0n) is 10.9. The summed E-state index contributed by atoms with van der Waals surface area (Å²) in [7, 11) is 0. The van der Waals surface area contributed by atoms with Gasteiger partial charge in [0.1, 0.15) is 12.4 Å². The Balaban J connectivity index is 1.70. The van der Waals surface area contributed by atoms with Crippen LogP contribution in [-0.4, -0.2) is 31.7 Å². The molecule has 0 saturated heterocycles. The summed E-state index contributed by atoms with van der Waals surface area (Å²) >= 11 is 0. The summed E-state index contributed by atoms with van der Waals surface area (Å²) in [4.78, 5) is 4.48. The summed E-state index contributed by atoms with van der Waals surface area (Å²) in [6, 6.07) is 10.5. The Morgan fingerprint density at radius 1 is 1.33 bits per heavy atom. The summed E-state index contributed by atoms with van der Waals surface area (Å²) in [6.45, 7) is 4.23. The largest absolute Gasteiger partial charge is 0.492 e. The number of para-hydroxylation sites is 1. The van der Waals surface area contributed by atoms with Crippen molar-refractivity contribution in [3.05, 3.63) is 30.3 Å². The molecule has 1 aromatic carbocycles. The molecule has 0 aromatic heterocycles. The highest BCUT2D eigenvalue weighted by Gasteiger charge is 2.21. The molecular formula is C14H21N3O. The highest BCUT2D eigenvalue weighted by atomic mass is 16.5. The summed E-state index contributed by atoms with van der Waals surface area (Å²) in [6.07, 6.45) is 2.51. The predicted molar refractivity (Wildman–Crippen MR) is 74.1 cm³/mol. The molecule has 1 aromatic rings. The Hall–Kier alpha value is -1.71. The molecule has 0 radical (unpaired) electrons. The van der Waals surface area contributed by atoms with Crippen LogP contribution < -0.4 is 15.4 Å². The molecule has 0 aliphatic heterocycles. The Labute approximate surface area is 108 Å². The van der Waals surface area contributed by atoms with Gasteiger partial charge in [-0.2, -0.15) is 0 Å². The van der Waals surface area contributed by atoms with Crippen LogP contribution in [-0.2, 0) is 0 Å². The van der Waals surface area contributed by atoms with Crippen LogP contribution in [0.4, 0.5) is 0 Å². The molecule has 4 heteroatoms.